The van der Waals surface area contributed by atoms with Crippen LogP contribution in [0.5, 0.6) is 0 Å². The largest absolute Gasteiger partial charge is 0.389 e. The van der Waals surface area contributed by atoms with Crippen LogP contribution >= 0.6 is 0 Å². The molecular formula is C11H14N4O4. The third-order valence-corrected chi connectivity index (χ3v) is 3.58. The first-order chi connectivity index (χ1) is 8.99. The molecule has 102 valence electrons. The summed E-state index contributed by atoms with van der Waals surface area (Å²) in [6, 6.07) is -0.824. The molecule has 0 radical (unpaired) electrons. The molecular weight excluding hydrogens is 252 g/mol. The average Bonchev–Trinajstić information content (AvgIpc) is 2.86. The van der Waals surface area contributed by atoms with E-state index < -0.39 is 29.5 Å². The van der Waals surface area contributed by atoms with Crippen molar-refractivity contribution in [2.24, 2.45) is 0 Å². The van der Waals surface area contributed by atoms with Gasteiger partial charge in [0.25, 0.3) is 5.56 Å². The lowest BCUT2D eigenvalue weighted by Crippen LogP contribution is -2.29. The van der Waals surface area contributed by atoms with Crippen molar-refractivity contribution in [1.29, 1.82) is 0 Å². The zero-order valence-electron chi connectivity index (χ0n) is 10.1. The molecule has 3 heterocycles. The van der Waals surface area contributed by atoms with Crippen molar-refractivity contribution in [3.05, 3.63) is 32.6 Å². The summed E-state index contributed by atoms with van der Waals surface area (Å²) in [5.41, 5.74) is -0.0103. The lowest BCUT2D eigenvalue weighted by Gasteiger charge is -2.14. The van der Waals surface area contributed by atoms with Gasteiger partial charge in [-0.25, -0.2) is 4.79 Å². The summed E-state index contributed by atoms with van der Waals surface area (Å²) in [5.74, 6) is 0. The average molecular weight is 266 g/mol. The molecule has 2 aromatic rings. The normalized spacial score (nSPS) is 31.1. The van der Waals surface area contributed by atoms with Crippen molar-refractivity contribution in [2.75, 3.05) is 0 Å². The van der Waals surface area contributed by atoms with E-state index in [4.69, 9.17) is 0 Å². The van der Waals surface area contributed by atoms with Gasteiger partial charge in [0.1, 0.15) is 11.6 Å². The van der Waals surface area contributed by atoms with E-state index in [1.165, 1.54) is 0 Å². The first-order valence-corrected chi connectivity index (χ1v) is 5.95. The molecule has 6 N–H and O–H groups in total. The van der Waals surface area contributed by atoms with Gasteiger partial charge in [0.05, 0.1) is 17.7 Å². The van der Waals surface area contributed by atoms with Gasteiger partial charge in [-0.15, -0.1) is 0 Å². The SMILES string of the molecule is C[C@H]1N[C@@H](c2c[nH]c3c(=O)[nH]c(=O)[nH]c23)[C@H](O)[C@@H]1O. The maximum absolute atomic E-state index is 11.6. The zero-order valence-corrected chi connectivity index (χ0v) is 10.1. The molecule has 0 amide bonds. The quantitative estimate of drug-likeness (QED) is 0.366. The molecule has 0 spiro atoms. The minimum atomic E-state index is -1.00. The molecule has 19 heavy (non-hydrogen) atoms. The molecule has 3 rings (SSSR count). The van der Waals surface area contributed by atoms with Crippen LogP contribution in [0.1, 0.15) is 18.5 Å². The van der Waals surface area contributed by atoms with Crippen molar-refractivity contribution >= 4 is 11.0 Å². The number of nitrogens with one attached hydrogen (secondary N) is 4. The fraction of sp³-hybridized carbons (Fsp3) is 0.455. The minimum absolute atomic E-state index is 0.234. The van der Waals surface area contributed by atoms with Crippen LogP contribution in [0.25, 0.3) is 11.0 Å². The Kier molecular flexibility index (Phi) is 2.59. The van der Waals surface area contributed by atoms with Gasteiger partial charge in [-0.1, -0.05) is 0 Å². The summed E-state index contributed by atoms with van der Waals surface area (Å²) in [4.78, 5) is 30.3. The van der Waals surface area contributed by atoms with Crippen molar-refractivity contribution in [3.8, 4) is 0 Å². The number of H-pyrrole nitrogens is 3. The Hall–Kier alpha value is -1.90. The monoisotopic (exact) mass is 266 g/mol. The van der Waals surface area contributed by atoms with Crippen molar-refractivity contribution in [1.82, 2.24) is 20.3 Å². The highest BCUT2D eigenvalue weighted by molar-refractivity contribution is 5.78. The summed E-state index contributed by atoms with van der Waals surface area (Å²) >= 11 is 0. The predicted molar refractivity (Wildman–Crippen MR) is 66.9 cm³/mol. The number of rotatable bonds is 1. The van der Waals surface area contributed by atoms with E-state index in [9.17, 15) is 19.8 Å². The van der Waals surface area contributed by atoms with Gasteiger partial charge in [0.15, 0.2) is 0 Å². The van der Waals surface area contributed by atoms with Crippen molar-refractivity contribution in [3.63, 3.8) is 0 Å². The Morgan fingerprint density at radius 2 is 1.84 bits per heavy atom. The van der Waals surface area contributed by atoms with Crippen molar-refractivity contribution < 1.29 is 10.2 Å². The highest BCUT2D eigenvalue weighted by atomic mass is 16.3. The van der Waals surface area contributed by atoms with E-state index in [2.05, 4.69) is 20.3 Å². The fourth-order valence-corrected chi connectivity index (χ4v) is 2.56. The van der Waals surface area contributed by atoms with Gasteiger partial charge in [-0.2, -0.15) is 0 Å². The third-order valence-electron chi connectivity index (χ3n) is 3.58. The Bertz CT molecular complexity index is 730. The number of aromatic nitrogens is 3. The molecule has 0 unspecified atom stereocenters. The molecule has 8 heteroatoms. The molecule has 8 nitrogen and oxygen atoms in total. The van der Waals surface area contributed by atoms with Crippen LogP contribution in [0, 0.1) is 0 Å². The van der Waals surface area contributed by atoms with E-state index >= 15 is 0 Å². The van der Waals surface area contributed by atoms with Crippen molar-refractivity contribution in [2.45, 2.75) is 31.2 Å². The number of aromatic amines is 3. The van der Waals surface area contributed by atoms with Crippen LogP contribution in [-0.2, 0) is 0 Å². The lowest BCUT2D eigenvalue weighted by molar-refractivity contribution is 0.0303. The molecule has 2 aromatic heterocycles. The van der Waals surface area contributed by atoms with Gasteiger partial charge in [0.2, 0.25) is 0 Å². The van der Waals surface area contributed by atoms with Crippen LogP contribution in [-0.4, -0.2) is 43.4 Å². The second-order valence-electron chi connectivity index (χ2n) is 4.82. The molecule has 4 atom stereocenters. The van der Waals surface area contributed by atoms with Crippen LogP contribution in [0.3, 0.4) is 0 Å². The number of aliphatic hydroxyl groups excluding tert-OH is 2. The Morgan fingerprint density at radius 1 is 1.11 bits per heavy atom. The highest BCUT2D eigenvalue weighted by Gasteiger charge is 2.40. The maximum atomic E-state index is 11.6. The molecule has 1 aliphatic rings. The topological polar surface area (TPSA) is 134 Å². The van der Waals surface area contributed by atoms with E-state index in [0.29, 0.717) is 11.1 Å². The molecule has 0 aliphatic carbocycles. The molecule has 1 aliphatic heterocycles. The third kappa shape index (κ3) is 1.72. The Morgan fingerprint density at radius 3 is 2.47 bits per heavy atom. The van der Waals surface area contributed by atoms with Crippen LogP contribution < -0.4 is 16.6 Å². The van der Waals surface area contributed by atoms with E-state index in [-0.39, 0.29) is 11.6 Å². The van der Waals surface area contributed by atoms with Gasteiger partial charge in [-0.05, 0) is 6.92 Å². The van der Waals surface area contributed by atoms with Crippen LogP contribution in [0.4, 0.5) is 0 Å². The summed E-state index contributed by atoms with van der Waals surface area (Å²) in [6.45, 7) is 1.75. The summed E-state index contributed by atoms with van der Waals surface area (Å²) in [6.07, 6.45) is -0.359. The molecule has 0 bridgehead atoms. The zero-order chi connectivity index (χ0) is 13.7. The lowest BCUT2D eigenvalue weighted by atomic mass is 10.0. The fourth-order valence-electron chi connectivity index (χ4n) is 2.56. The van der Waals surface area contributed by atoms with Crippen LogP contribution in [0.2, 0.25) is 0 Å². The number of fused-ring (bicyclic) bond motifs is 1. The van der Waals surface area contributed by atoms with E-state index in [1.807, 2.05) is 0 Å². The van der Waals surface area contributed by atoms with Gasteiger partial charge in [-0.3, -0.25) is 9.78 Å². The molecule has 0 saturated carbocycles. The van der Waals surface area contributed by atoms with Gasteiger partial charge >= 0.3 is 5.69 Å². The van der Waals surface area contributed by atoms with E-state index in [0.717, 1.165) is 0 Å². The van der Waals surface area contributed by atoms with Gasteiger partial charge in [0, 0.05) is 17.8 Å². The predicted octanol–water partition coefficient (Wildman–Crippen LogP) is -1.70. The second-order valence-corrected chi connectivity index (χ2v) is 4.82. The highest BCUT2D eigenvalue weighted by Crippen LogP contribution is 2.30. The first-order valence-electron chi connectivity index (χ1n) is 5.95. The Labute approximate surface area is 106 Å². The minimum Gasteiger partial charge on any atom is -0.389 e. The summed E-state index contributed by atoms with van der Waals surface area (Å²) < 4.78 is 0. The number of aliphatic hydroxyl groups is 2. The Balaban J connectivity index is 2.17. The first kappa shape index (κ1) is 12.2. The molecule has 1 saturated heterocycles. The van der Waals surface area contributed by atoms with Gasteiger partial charge < -0.3 is 25.5 Å². The van der Waals surface area contributed by atoms with Crippen LogP contribution in [0.15, 0.2) is 15.8 Å². The second kappa shape index (κ2) is 4.05. The smallest absolute Gasteiger partial charge is 0.326 e. The maximum Gasteiger partial charge on any atom is 0.326 e. The number of hydrogen-bond donors (Lipinski definition) is 6. The summed E-state index contributed by atoms with van der Waals surface area (Å²) in [5, 5.41) is 22.8. The standard InChI is InChI=1S/C11H14N4O4/c1-3-8(16)9(17)6(13-3)4-2-12-7-5(4)14-11(19)15-10(7)18/h2-3,6,8-9,12-13,16-17H,1H3,(H2,14,15,18,19)/t3-,6+,8-,9+/m1/s1. The molecule has 1 fully saturated rings. The number of hydrogen-bond acceptors (Lipinski definition) is 5. The summed E-state index contributed by atoms with van der Waals surface area (Å²) in [7, 11) is 0. The molecule has 0 aromatic carbocycles. The van der Waals surface area contributed by atoms with E-state index in [1.54, 1.807) is 13.1 Å².